The molecule has 0 radical (unpaired) electrons. The number of hydrogen-bond donors (Lipinski definition) is 1. The van der Waals surface area contributed by atoms with Gasteiger partial charge in [-0.1, -0.05) is 0 Å². The molecule has 0 aliphatic carbocycles. The summed E-state index contributed by atoms with van der Waals surface area (Å²) in [6.45, 7) is 2.50. The summed E-state index contributed by atoms with van der Waals surface area (Å²) in [5.74, 6) is 0. The van der Waals surface area contributed by atoms with E-state index in [-0.39, 0.29) is 6.10 Å². The lowest BCUT2D eigenvalue weighted by atomic mass is 10.2. The Morgan fingerprint density at radius 1 is 1.73 bits per heavy atom. The number of aromatic nitrogens is 1. The molecule has 0 amide bonds. The molecular weight excluding hydrogens is 160 g/mol. The maximum Gasteiger partial charge on any atom is 0.0795 e. The monoisotopic (exact) mass is 170 g/mol. The van der Waals surface area contributed by atoms with E-state index in [0.29, 0.717) is 0 Å². The van der Waals surface area contributed by atoms with E-state index in [9.17, 15) is 0 Å². The zero-order valence-corrected chi connectivity index (χ0v) is 6.92. The minimum Gasteiger partial charge on any atom is -0.390 e. The predicted octanol–water partition coefficient (Wildman–Crippen LogP) is 0.320. The third kappa shape index (κ3) is 1.58. The Balaban J connectivity index is 1.84. The fourth-order valence-electron chi connectivity index (χ4n) is 1.22. The van der Waals surface area contributed by atoms with Crippen LogP contribution in [0.1, 0.15) is 5.69 Å². The van der Waals surface area contributed by atoms with Crippen molar-refractivity contribution in [3.8, 4) is 0 Å². The molecule has 0 atom stereocenters. The molecule has 0 saturated carbocycles. The van der Waals surface area contributed by atoms with Gasteiger partial charge in [-0.3, -0.25) is 4.90 Å². The van der Waals surface area contributed by atoms with Crippen LogP contribution >= 0.6 is 11.3 Å². The van der Waals surface area contributed by atoms with Crippen molar-refractivity contribution < 1.29 is 5.11 Å². The molecule has 1 N–H and O–H groups in total. The summed E-state index contributed by atoms with van der Waals surface area (Å²) < 4.78 is 0. The van der Waals surface area contributed by atoms with E-state index in [0.717, 1.165) is 25.3 Å². The van der Waals surface area contributed by atoms with Crippen LogP contribution in [0.25, 0.3) is 0 Å². The van der Waals surface area contributed by atoms with Gasteiger partial charge in [-0.25, -0.2) is 4.98 Å². The Morgan fingerprint density at radius 2 is 2.55 bits per heavy atom. The highest BCUT2D eigenvalue weighted by Gasteiger charge is 2.24. The fourth-order valence-corrected chi connectivity index (χ4v) is 1.77. The Labute approximate surface area is 69.3 Å². The van der Waals surface area contributed by atoms with Crippen LogP contribution in [-0.4, -0.2) is 34.2 Å². The number of aliphatic hydroxyl groups excluding tert-OH is 1. The zero-order chi connectivity index (χ0) is 7.68. The molecule has 0 spiro atoms. The summed E-state index contributed by atoms with van der Waals surface area (Å²) in [6.07, 6.45) is -0.103. The lowest BCUT2D eigenvalue weighted by Crippen LogP contribution is -2.49. The highest BCUT2D eigenvalue weighted by molar-refractivity contribution is 7.07. The molecule has 3 nitrogen and oxygen atoms in total. The van der Waals surface area contributed by atoms with Gasteiger partial charge < -0.3 is 5.11 Å². The summed E-state index contributed by atoms with van der Waals surface area (Å²) in [5, 5.41) is 11.0. The third-order valence-electron chi connectivity index (χ3n) is 1.81. The summed E-state index contributed by atoms with van der Waals surface area (Å²) in [5.41, 5.74) is 2.95. The summed E-state index contributed by atoms with van der Waals surface area (Å²) in [7, 11) is 0. The smallest absolute Gasteiger partial charge is 0.0795 e. The van der Waals surface area contributed by atoms with Crippen molar-refractivity contribution >= 4 is 11.3 Å². The first-order valence-electron chi connectivity index (χ1n) is 3.62. The van der Waals surface area contributed by atoms with Gasteiger partial charge >= 0.3 is 0 Å². The standard InChI is InChI=1S/C7H10N2OS/c10-7-2-9(3-7)1-6-4-11-5-8-6/h4-5,7,10H,1-3H2. The predicted molar refractivity (Wildman–Crippen MR) is 43.4 cm³/mol. The van der Waals surface area contributed by atoms with Crippen LogP contribution in [-0.2, 0) is 6.54 Å². The van der Waals surface area contributed by atoms with Crippen LogP contribution in [0.3, 0.4) is 0 Å². The van der Waals surface area contributed by atoms with Gasteiger partial charge in [0.1, 0.15) is 0 Å². The number of aliphatic hydroxyl groups is 1. The summed E-state index contributed by atoms with van der Waals surface area (Å²) in [6, 6.07) is 0. The fraction of sp³-hybridized carbons (Fsp3) is 0.571. The first-order valence-corrected chi connectivity index (χ1v) is 4.56. The van der Waals surface area contributed by atoms with E-state index in [1.807, 2.05) is 10.9 Å². The molecule has 11 heavy (non-hydrogen) atoms. The van der Waals surface area contributed by atoms with Gasteiger partial charge in [-0.05, 0) is 0 Å². The van der Waals surface area contributed by atoms with E-state index < -0.39 is 0 Å². The van der Waals surface area contributed by atoms with Gasteiger partial charge in [0.2, 0.25) is 0 Å². The minimum atomic E-state index is -0.103. The second-order valence-electron chi connectivity index (χ2n) is 2.83. The van der Waals surface area contributed by atoms with Crippen LogP contribution in [0.4, 0.5) is 0 Å². The van der Waals surface area contributed by atoms with Crippen molar-refractivity contribution in [1.29, 1.82) is 0 Å². The molecule has 0 bridgehead atoms. The Kier molecular flexibility index (Phi) is 1.89. The molecule has 1 saturated heterocycles. The largest absolute Gasteiger partial charge is 0.390 e. The molecule has 2 heterocycles. The van der Waals surface area contributed by atoms with Crippen LogP contribution in [0.5, 0.6) is 0 Å². The van der Waals surface area contributed by atoms with Crippen LogP contribution < -0.4 is 0 Å². The highest BCUT2D eigenvalue weighted by Crippen LogP contribution is 2.12. The Hall–Kier alpha value is -0.450. The van der Waals surface area contributed by atoms with Crippen LogP contribution in [0.2, 0.25) is 0 Å². The first-order chi connectivity index (χ1) is 5.34. The Bertz CT molecular complexity index is 218. The Morgan fingerprint density at radius 3 is 3.09 bits per heavy atom. The number of thiazole rings is 1. The van der Waals surface area contributed by atoms with E-state index in [4.69, 9.17) is 5.11 Å². The van der Waals surface area contributed by atoms with E-state index >= 15 is 0 Å². The molecule has 0 unspecified atom stereocenters. The maximum atomic E-state index is 8.99. The van der Waals surface area contributed by atoms with Crippen molar-refractivity contribution in [1.82, 2.24) is 9.88 Å². The molecule has 0 aromatic carbocycles. The number of hydrogen-bond acceptors (Lipinski definition) is 4. The van der Waals surface area contributed by atoms with Crippen molar-refractivity contribution in [3.63, 3.8) is 0 Å². The van der Waals surface area contributed by atoms with E-state index in [2.05, 4.69) is 9.88 Å². The second-order valence-corrected chi connectivity index (χ2v) is 3.55. The first kappa shape index (κ1) is 7.21. The molecule has 60 valence electrons. The molecule has 4 heteroatoms. The molecule has 1 aromatic heterocycles. The van der Waals surface area contributed by atoms with Crippen molar-refractivity contribution in [2.45, 2.75) is 12.6 Å². The average Bonchev–Trinajstić information content (AvgIpc) is 2.36. The van der Waals surface area contributed by atoms with Gasteiger partial charge in [0.05, 0.1) is 17.3 Å². The van der Waals surface area contributed by atoms with Crippen molar-refractivity contribution in [3.05, 3.63) is 16.6 Å². The minimum absolute atomic E-state index is 0.103. The number of rotatable bonds is 2. The topological polar surface area (TPSA) is 36.4 Å². The molecule has 2 rings (SSSR count). The summed E-state index contributed by atoms with van der Waals surface area (Å²) in [4.78, 5) is 6.34. The third-order valence-corrected chi connectivity index (χ3v) is 2.44. The molecule has 1 aromatic rings. The van der Waals surface area contributed by atoms with Crippen molar-refractivity contribution in [2.75, 3.05) is 13.1 Å². The lowest BCUT2D eigenvalue weighted by Gasteiger charge is -2.35. The van der Waals surface area contributed by atoms with Gasteiger partial charge in [-0.15, -0.1) is 11.3 Å². The number of nitrogens with zero attached hydrogens (tertiary/aromatic N) is 2. The summed E-state index contributed by atoms with van der Waals surface area (Å²) >= 11 is 1.62. The van der Waals surface area contributed by atoms with Crippen LogP contribution in [0, 0.1) is 0 Å². The van der Waals surface area contributed by atoms with Crippen molar-refractivity contribution in [2.24, 2.45) is 0 Å². The zero-order valence-electron chi connectivity index (χ0n) is 6.10. The van der Waals surface area contributed by atoms with Crippen LogP contribution in [0.15, 0.2) is 10.9 Å². The SMILES string of the molecule is OC1CN(Cc2cscn2)C1. The van der Waals surface area contributed by atoms with Gasteiger partial charge in [0, 0.05) is 25.0 Å². The number of β-amino-alcohol motifs (C(OH)–C–C–N with tert-alkyl or cyclic N) is 1. The van der Waals surface area contributed by atoms with Gasteiger partial charge in [-0.2, -0.15) is 0 Å². The maximum absolute atomic E-state index is 8.99. The lowest BCUT2D eigenvalue weighted by molar-refractivity contribution is -0.00344. The van der Waals surface area contributed by atoms with E-state index in [1.165, 1.54) is 0 Å². The molecule has 1 aliphatic heterocycles. The van der Waals surface area contributed by atoms with Gasteiger partial charge in [0.15, 0.2) is 0 Å². The highest BCUT2D eigenvalue weighted by atomic mass is 32.1. The molecule has 1 fully saturated rings. The molecule has 1 aliphatic rings. The van der Waals surface area contributed by atoms with E-state index in [1.54, 1.807) is 11.3 Å². The molecular formula is C7H10N2OS. The quantitative estimate of drug-likeness (QED) is 0.694. The second kappa shape index (κ2) is 2.89. The number of likely N-dealkylation sites (tertiary alicyclic amines) is 1. The normalized spacial score (nSPS) is 20.1. The van der Waals surface area contributed by atoms with Gasteiger partial charge in [0.25, 0.3) is 0 Å². The average molecular weight is 170 g/mol.